The second-order valence-electron chi connectivity index (χ2n) is 10.6. The molecule has 2 heterocycles. The highest BCUT2D eigenvalue weighted by molar-refractivity contribution is 7.99. The molecule has 0 aliphatic heterocycles. The lowest BCUT2D eigenvalue weighted by Gasteiger charge is -2.36. The van der Waals surface area contributed by atoms with Gasteiger partial charge in [-0.15, -0.1) is 21.5 Å². The van der Waals surface area contributed by atoms with E-state index in [4.69, 9.17) is 4.74 Å². The van der Waals surface area contributed by atoms with Gasteiger partial charge in [0.15, 0.2) is 11.0 Å². The van der Waals surface area contributed by atoms with E-state index in [0.717, 1.165) is 48.4 Å². The zero-order chi connectivity index (χ0) is 27.4. The smallest absolute Gasteiger partial charge is 0.235 e. The van der Waals surface area contributed by atoms with Gasteiger partial charge in [-0.05, 0) is 74.1 Å². The number of carbonyl (C=O) groups is 1. The van der Waals surface area contributed by atoms with Crippen molar-refractivity contribution >= 4 is 34.0 Å². The molecule has 9 heteroatoms. The van der Waals surface area contributed by atoms with E-state index in [9.17, 15) is 10.1 Å². The maximum absolute atomic E-state index is 12.9. The summed E-state index contributed by atoms with van der Waals surface area (Å²) in [5.41, 5.74) is 4.32. The molecule has 0 bridgehead atoms. The normalized spacial score (nSPS) is 15.1. The van der Waals surface area contributed by atoms with Crippen molar-refractivity contribution in [1.82, 2.24) is 14.8 Å². The molecule has 202 valence electrons. The summed E-state index contributed by atoms with van der Waals surface area (Å²) in [5, 5.41) is 22.9. The molecule has 38 heavy (non-hydrogen) atoms. The van der Waals surface area contributed by atoms with Crippen LogP contribution in [0.3, 0.4) is 0 Å². The largest absolute Gasteiger partial charge is 0.485 e. The van der Waals surface area contributed by atoms with E-state index in [1.165, 1.54) is 22.2 Å². The molecule has 0 spiro atoms. The first-order chi connectivity index (χ1) is 18.2. The summed E-state index contributed by atoms with van der Waals surface area (Å²) in [4.78, 5) is 14.2. The zero-order valence-corrected chi connectivity index (χ0v) is 24.8. The molecule has 0 saturated heterocycles. The fraction of sp³-hybridized carbons (Fsp3) is 0.517. The summed E-state index contributed by atoms with van der Waals surface area (Å²) in [5.74, 6) is 2.20. The molecule has 1 aliphatic rings. The lowest BCUT2D eigenvalue weighted by molar-refractivity contribution is -0.113. The lowest BCUT2D eigenvalue weighted by Crippen LogP contribution is -2.28. The molecule has 2 aromatic heterocycles. The Hall–Kier alpha value is -2.83. The molecule has 3 aromatic rings. The number of ether oxygens (including phenoxy) is 1. The van der Waals surface area contributed by atoms with Gasteiger partial charge >= 0.3 is 0 Å². The summed E-state index contributed by atoms with van der Waals surface area (Å²) in [7, 11) is 0. The maximum atomic E-state index is 12.9. The lowest BCUT2D eigenvalue weighted by atomic mass is 9.69. The molecular weight excluding hydrogens is 514 g/mol. The number of nitriles is 1. The van der Waals surface area contributed by atoms with E-state index in [1.807, 2.05) is 30.5 Å². The van der Waals surface area contributed by atoms with Gasteiger partial charge in [0.1, 0.15) is 23.4 Å². The Morgan fingerprint density at radius 3 is 2.82 bits per heavy atom. The van der Waals surface area contributed by atoms with Gasteiger partial charge in [0, 0.05) is 11.4 Å². The van der Waals surface area contributed by atoms with Crippen molar-refractivity contribution in [3.05, 3.63) is 51.2 Å². The monoisotopic (exact) mass is 551 g/mol. The zero-order valence-electron chi connectivity index (χ0n) is 23.2. The molecule has 1 atom stereocenters. The Kier molecular flexibility index (Phi) is 8.84. The number of aromatic nitrogens is 3. The first kappa shape index (κ1) is 28.2. The minimum atomic E-state index is -0.144. The van der Waals surface area contributed by atoms with E-state index in [0.29, 0.717) is 34.8 Å². The Bertz CT molecular complexity index is 1350. The third kappa shape index (κ3) is 5.92. The molecule has 0 fully saturated rings. The van der Waals surface area contributed by atoms with Gasteiger partial charge < -0.3 is 14.6 Å². The number of aryl methyl sites for hydroxylation is 1. The van der Waals surface area contributed by atoms with Crippen molar-refractivity contribution in [3.63, 3.8) is 0 Å². The molecule has 7 nitrogen and oxygen atoms in total. The number of hydrogen-bond donors (Lipinski definition) is 1. The number of rotatable bonds is 10. The van der Waals surface area contributed by atoms with Crippen molar-refractivity contribution in [3.8, 4) is 11.8 Å². The van der Waals surface area contributed by atoms with Gasteiger partial charge in [0.25, 0.3) is 0 Å². The van der Waals surface area contributed by atoms with Gasteiger partial charge in [-0.3, -0.25) is 4.79 Å². The molecule has 1 aromatic carbocycles. The highest BCUT2D eigenvalue weighted by atomic mass is 32.2. The van der Waals surface area contributed by atoms with Crippen molar-refractivity contribution in [2.24, 2.45) is 11.3 Å². The van der Waals surface area contributed by atoms with Crippen molar-refractivity contribution in [2.75, 3.05) is 11.1 Å². The number of thioether (sulfide) groups is 1. The fourth-order valence-electron chi connectivity index (χ4n) is 4.91. The van der Waals surface area contributed by atoms with Gasteiger partial charge in [0.05, 0.1) is 11.3 Å². The molecule has 0 saturated carbocycles. The van der Waals surface area contributed by atoms with Crippen LogP contribution in [0.1, 0.15) is 73.5 Å². The number of carbonyl (C=O) groups excluding carboxylic acids is 1. The number of benzene rings is 1. The van der Waals surface area contributed by atoms with Crippen LogP contribution in [0.5, 0.6) is 5.75 Å². The molecule has 1 N–H and O–H groups in total. The van der Waals surface area contributed by atoms with E-state index < -0.39 is 0 Å². The standard InChI is InChI=1S/C29H37N5O2S2/c1-7-29(5,6)20-12-13-21-22(15-30)27(38-24(21)14-20)31-26(35)17-37-28-33-32-25(34(28)8-2)16-36-23-11-9-10-18(3)19(23)4/h9-11,20H,7-8,12-14,16-17H2,1-6H3,(H,31,35). The van der Waals surface area contributed by atoms with Crippen LogP contribution >= 0.6 is 23.1 Å². The first-order valence-electron chi connectivity index (χ1n) is 13.3. The number of anilines is 1. The SMILES string of the molecule is CCn1c(COc2cccc(C)c2C)nnc1SCC(=O)Nc1sc2c(c1C#N)CCC(C(C)(C)CC)C2. The quantitative estimate of drug-likeness (QED) is 0.282. The maximum Gasteiger partial charge on any atom is 0.235 e. The molecule has 0 radical (unpaired) electrons. The number of nitrogens with one attached hydrogen (secondary N) is 1. The number of fused-ring (bicyclic) bond motifs is 1. The average Bonchev–Trinajstić information content (AvgIpc) is 3.47. The Balaban J connectivity index is 1.39. The van der Waals surface area contributed by atoms with Crippen LogP contribution in [-0.4, -0.2) is 26.4 Å². The number of hydrogen-bond acceptors (Lipinski definition) is 7. The highest BCUT2D eigenvalue weighted by Crippen LogP contribution is 2.45. The van der Waals surface area contributed by atoms with Gasteiger partial charge in [-0.25, -0.2) is 0 Å². The predicted octanol–water partition coefficient (Wildman–Crippen LogP) is 6.70. The van der Waals surface area contributed by atoms with E-state index >= 15 is 0 Å². The Morgan fingerprint density at radius 1 is 1.32 bits per heavy atom. The minimum absolute atomic E-state index is 0.144. The molecule has 4 rings (SSSR count). The van der Waals surface area contributed by atoms with Crippen molar-refractivity contribution in [2.45, 2.75) is 85.5 Å². The van der Waals surface area contributed by atoms with Crippen LogP contribution in [-0.2, 0) is 30.8 Å². The van der Waals surface area contributed by atoms with Crippen molar-refractivity contribution < 1.29 is 9.53 Å². The Morgan fingerprint density at radius 2 is 2.11 bits per heavy atom. The van der Waals surface area contributed by atoms with E-state index in [-0.39, 0.29) is 17.1 Å². The third-order valence-corrected chi connectivity index (χ3v) is 10.1. The summed E-state index contributed by atoms with van der Waals surface area (Å²) in [6.07, 6.45) is 4.10. The minimum Gasteiger partial charge on any atom is -0.485 e. The molecule has 1 unspecified atom stereocenters. The summed E-state index contributed by atoms with van der Waals surface area (Å²) < 4.78 is 8.00. The van der Waals surface area contributed by atoms with E-state index in [1.54, 1.807) is 11.3 Å². The fourth-order valence-corrected chi connectivity index (χ4v) is 7.03. The Labute approximate surface area is 234 Å². The first-order valence-corrected chi connectivity index (χ1v) is 15.1. The van der Waals surface area contributed by atoms with Crippen LogP contribution in [0, 0.1) is 36.5 Å². The summed E-state index contributed by atoms with van der Waals surface area (Å²) in [6, 6.07) is 8.35. The summed E-state index contributed by atoms with van der Waals surface area (Å²) >= 11 is 2.92. The number of nitrogens with zero attached hydrogens (tertiary/aromatic N) is 4. The van der Waals surface area contributed by atoms with Gasteiger partial charge in [-0.2, -0.15) is 5.26 Å². The topological polar surface area (TPSA) is 92.8 Å². The summed E-state index contributed by atoms with van der Waals surface area (Å²) in [6.45, 7) is 14.0. The van der Waals surface area contributed by atoms with Crippen LogP contribution in [0.4, 0.5) is 5.00 Å². The highest BCUT2D eigenvalue weighted by Gasteiger charge is 2.34. The third-order valence-electron chi connectivity index (χ3n) is 8.00. The van der Waals surface area contributed by atoms with Crippen LogP contribution in [0.2, 0.25) is 0 Å². The van der Waals surface area contributed by atoms with Crippen LogP contribution in [0.25, 0.3) is 0 Å². The second-order valence-corrected chi connectivity index (χ2v) is 12.6. The predicted molar refractivity (Wildman–Crippen MR) is 154 cm³/mol. The number of amides is 1. The number of thiophene rings is 1. The van der Waals surface area contributed by atoms with E-state index in [2.05, 4.69) is 55.3 Å². The average molecular weight is 552 g/mol. The molecule has 1 aliphatic carbocycles. The molecule has 1 amide bonds. The van der Waals surface area contributed by atoms with Gasteiger partial charge in [0.2, 0.25) is 5.91 Å². The van der Waals surface area contributed by atoms with Crippen molar-refractivity contribution in [1.29, 1.82) is 5.26 Å². The van der Waals surface area contributed by atoms with Crippen LogP contribution in [0.15, 0.2) is 23.4 Å². The van der Waals surface area contributed by atoms with Crippen LogP contribution < -0.4 is 10.1 Å². The van der Waals surface area contributed by atoms with Gasteiger partial charge in [-0.1, -0.05) is 51.1 Å². The molecular formula is C29H37N5O2S2. The second kappa shape index (κ2) is 11.9.